The fraction of sp³-hybridized carbons (Fsp3) is 0.538. The Morgan fingerprint density at radius 2 is 2.30 bits per heavy atom. The number of aromatic nitrogens is 1. The highest BCUT2D eigenvalue weighted by Gasteiger charge is 2.32. The maximum absolute atomic E-state index is 12.5. The molecule has 4 nitrogen and oxygen atoms in total. The molecular weight excluding hydrogens is 271 g/mol. The molecule has 1 aromatic rings. The lowest BCUT2D eigenvalue weighted by Gasteiger charge is -2.12. The molecule has 110 valence electrons. The Bertz CT molecular complexity index is 490. The van der Waals surface area contributed by atoms with Crippen LogP contribution in [0.4, 0.5) is 13.2 Å². The van der Waals surface area contributed by atoms with E-state index in [0.717, 1.165) is 25.2 Å². The minimum Gasteiger partial charge on any atom is -0.351 e. The van der Waals surface area contributed by atoms with Crippen molar-refractivity contribution >= 4 is 5.91 Å². The van der Waals surface area contributed by atoms with Gasteiger partial charge in [0.15, 0.2) is 0 Å². The number of rotatable bonds is 3. The van der Waals surface area contributed by atoms with Crippen LogP contribution >= 0.6 is 0 Å². The summed E-state index contributed by atoms with van der Waals surface area (Å²) in [6.45, 7) is 2.89. The lowest BCUT2D eigenvalue weighted by Crippen LogP contribution is -2.40. The number of hydrogen-bond donors (Lipinski definition) is 2. The van der Waals surface area contributed by atoms with Gasteiger partial charge in [0.2, 0.25) is 5.91 Å². The highest BCUT2D eigenvalue weighted by atomic mass is 19.4. The normalized spacial score (nSPS) is 22.8. The van der Waals surface area contributed by atoms with Crippen molar-refractivity contribution in [1.82, 2.24) is 15.6 Å². The zero-order valence-corrected chi connectivity index (χ0v) is 11.0. The van der Waals surface area contributed by atoms with Crippen LogP contribution in [0, 0.1) is 5.92 Å². The van der Waals surface area contributed by atoms with E-state index in [1.54, 1.807) is 0 Å². The van der Waals surface area contributed by atoms with E-state index in [0.29, 0.717) is 11.5 Å². The molecular formula is C13H16F3N3O. The van der Waals surface area contributed by atoms with E-state index < -0.39 is 11.9 Å². The minimum atomic E-state index is -4.47. The monoisotopic (exact) mass is 287 g/mol. The molecule has 1 unspecified atom stereocenters. The number of nitrogens with zero attached hydrogens (tertiary/aromatic N) is 1. The van der Waals surface area contributed by atoms with E-state index in [4.69, 9.17) is 0 Å². The second kappa shape index (κ2) is 5.78. The smallest absolute Gasteiger partial charge is 0.351 e. The standard InChI is InChI=1S/C13H16F3N3O/c1-8-4-10(18-6-8)12(20)19-7-9-2-3-17-11(5-9)13(14,15)16/h2-3,5,8,10,18H,4,6-7H2,1H3,(H,19,20)/t8?,10-/m0/s1. The van der Waals surface area contributed by atoms with Crippen molar-refractivity contribution in [3.63, 3.8) is 0 Å². The van der Waals surface area contributed by atoms with Crippen LogP contribution in [0.5, 0.6) is 0 Å². The zero-order valence-electron chi connectivity index (χ0n) is 11.0. The van der Waals surface area contributed by atoms with E-state index in [9.17, 15) is 18.0 Å². The Labute approximate surface area is 114 Å². The van der Waals surface area contributed by atoms with Gasteiger partial charge in [0.05, 0.1) is 6.04 Å². The number of nitrogens with one attached hydrogen (secondary N) is 2. The summed E-state index contributed by atoms with van der Waals surface area (Å²) in [5, 5.41) is 5.72. The fourth-order valence-electron chi connectivity index (χ4n) is 2.16. The van der Waals surface area contributed by atoms with Crippen molar-refractivity contribution in [1.29, 1.82) is 0 Å². The Morgan fingerprint density at radius 1 is 1.55 bits per heavy atom. The van der Waals surface area contributed by atoms with Crippen molar-refractivity contribution in [2.75, 3.05) is 6.54 Å². The second-order valence-corrected chi connectivity index (χ2v) is 5.07. The number of hydrogen-bond acceptors (Lipinski definition) is 3. The van der Waals surface area contributed by atoms with Gasteiger partial charge in [0, 0.05) is 12.7 Å². The largest absolute Gasteiger partial charge is 0.433 e. The Kier molecular flexibility index (Phi) is 4.27. The molecule has 1 aliphatic rings. The number of pyridine rings is 1. The first kappa shape index (κ1) is 14.8. The van der Waals surface area contributed by atoms with Crippen LogP contribution in [0.1, 0.15) is 24.6 Å². The van der Waals surface area contributed by atoms with Gasteiger partial charge < -0.3 is 10.6 Å². The summed E-state index contributed by atoms with van der Waals surface area (Å²) in [6, 6.07) is 2.15. The number of amides is 1. The highest BCUT2D eigenvalue weighted by Crippen LogP contribution is 2.27. The van der Waals surface area contributed by atoms with Gasteiger partial charge in [0.1, 0.15) is 5.69 Å². The topological polar surface area (TPSA) is 54.0 Å². The molecule has 0 saturated carbocycles. The zero-order chi connectivity index (χ0) is 14.8. The molecule has 0 aromatic carbocycles. The highest BCUT2D eigenvalue weighted by molar-refractivity contribution is 5.82. The SMILES string of the molecule is CC1CN[C@H](C(=O)NCc2ccnc(C(F)(F)F)c2)C1. The van der Waals surface area contributed by atoms with E-state index in [2.05, 4.69) is 15.6 Å². The van der Waals surface area contributed by atoms with Crippen LogP contribution in [-0.2, 0) is 17.5 Å². The maximum atomic E-state index is 12.5. The molecule has 0 bridgehead atoms. The molecule has 2 heterocycles. The predicted molar refractivity (Wildman–Crippen MR) is 66.7 cm³/mol. The van der Waals surface area contributed by atoms with Gasteiger partial charge in [-0.3, -0.25) is 9.78 Å². The first-order valence-corrected chi connectivity index (χ1v) is 6.39. The van der Waals surface area contributed by atoms with Gasteiger partial charge in [0.25, 0.3) is 0 Å². The summed E-state index contributed by atoms with van der Waals surface area (Å²) >= 11 is 0. The third-order valence-corrected chi connectivity index (χ3v) is 3.25. The lowest BCUT2D eigenvalue weighted by atomic mass is 10.1. The second-order valence-electron chi connectivity index (χ2n) is 5.07. The van der Waals surface area contributed by atoms with Crippen LogP contribution in [0.25, 0.3) is 0 Å². The molecule has 1 amide bonds. The molecule has 0 spiro atoms. The summed E-state index contributed by atoms with van der Waals surface area (Å²) in [4.78, 5) is 15.1. The van der Waals surface area contributed by atoms with Crippen molar-refractivity contribution < 1.29 is 18.0 Å². The molecule has 2 rings (SSSR count). The number of alkyl halides is 3. The molecule has 0 aliphatic carbocycles. The summed E-state index contributed by atoms with van der Waals surface area (Å²) in [7, 11) is 0. The minimum absolute atomic E-state index is 0.0665. The van der Waals surface area contributed by atoms with Gasteiger partial charge >= 0.3 is 6.18 Å². The van der Waals surface area contributed by atoms with Crippen LogP contribution in [0.2, 0.25) is 0 Å². The van der Waals surface area contributed by atoms with Gasteiger partial charge in [-0.05, 0) is 36.6 Å². The van der Waals surface area contributed by atoms with Crippen LogP contribution in [0.3, 0.4) is 0 Å². The van der Waals surface area contributed by atoms with Gasteiger partial charge in [-0.25, -0.2) is 0 Å². The third-order valence-electron chi connectivity index (χ3n) is 3.25. The molecule has 1 fully saturated rings. The van der Waals surface area contributed by atoms with Crippen LogP contribution in [-0.4, -0.2) is 23.5 Å². The molecule has 1 aliphatic heterocycles. The Balaban J connectivity index is 1.92. The van der Waals surface area contributed by atoms with Crippen LogP contribution < -0.4 is 10.6 Å². The lowest BCUT2D eigenvalue weighted by molar-refractivity contribution is -0.141. The van der Waals surface area contributed by atoms with E-state index in [-0.39, 0.29) is 18.5 Å². The van der Waals surface area contributed by atoms with E-state index >= 15 is 0 Å². The van der Waals surface area contributed by atoms with Crippen molar-refractivity contribution in [3.8, 4) is 0 Å². The summed E-state index contributed by atoms with van der Waals surface area (Å²) in [5.74, 6) is 0.253. The summed E-state index contributed by atoms with van der Waals surface area (Å²) in [5.41, 5.74) is -0.566. The fourth-order valence-corrected chi connectivity index (χ4v) is 2.16. The maximum Gasteiger partial charge on any atom is 0.433 e. The molecule has 20 heavy (non-hydrogen) atoms. The molecule has 1 aromatic heterocycles. The van der Waals surface area contributed by atoms with E-state index in [1.165, 1.54) is 6.07 Å². The van der Waals surface area contributed by atoms with Gasteiger partial charge in [-0.1, -0.05) is 6.92 Å². The summed E-state index contributed by atoms with van der Waals surface area (Å²) < 4.78 is 37.5. The number of carbonyl (C=O) groups excluding carboxylic acids is 1. The van der Waals surface area contributed by atoms with Gasteiger partial charge in [-0.15, -0.1) is 0 Å². The van der Waals surface area contributed by atoms with E-state index in [1.807, 2.05) is 6.92 Å². The molecule has 2 atom stereocenters. The number of halogens is 3. The van der Waals surface area contributed by atoms with Crippen molar-refractivity contribution in [2.24, 2.45) is 5.92 Å². The average Bonchev–Trinajstić information content (AvgIpc) is 2.82. The van der Waals surface area contributed by atoms with Crippen LogP contribution in [0.15, 0.2) is 18.3 Å². The average molecular weight is 287 g/mol. The third kappa shape index (κ3) is 3.69. The Morgan fingerprint density at radius 3 is 2.90 bits per heavy atom. The molecule has 7 heteroatoms. The van der Waals surface area contributed by atoms with Crippen molar-refractivity contribution in [3.05, 3.63) is 29.6 Å². The first-order valence-electron chi connectivity index (χ1n) is 6.39. The van der Waals surface area contributed by atoms with Gasteiger partial charge in [-0.2, -0.15) is 13.2 Å². The predicted octanol–water partition coefficient (Wildman–Crippen LogP) is 1.71. The first-order chi connectivity index (χ1) is 9.36. The van der Waals surface area contributed by atoms with Crippen molar-refractivity contribution in [2.45, 2.75) is 32.1 Å². The number of carbonyl (C=O) groups is 1. The molecule has 0 radical (unpaired) electrons. The Hall–Kier alpha value is -1.63. The quantitative estimate of drug-likeness (QED) is 0.890. The molecule has 2 N–H and O–H groups in total. The summed E-state index contributed by atoms with van der Waals surface area (Å²) in [6.07, 6.45) is -2.63. The molecule has 1 saturated heterocycles.